The zero-order valence-corrected chi connectivity index (χ0v) is 11.6. The molecule has 0 saturated carbocycles. The second-order valence-corrected chi connectivity index (χ2v) is 5.78. The maximum atomic E-state index is 9.42. The molecule has 0 amide bonds. The minimum atomic E-state index is -0.558. The van der Waals surface area contributed by atoms with Crippen molar-refractivity contribution in [2.45, 2.75) is 51.9 Å². The number of rotatable bonds is 2. The van der Waals surface area contributed by atoms with Crippen LogP contribution in [0.15, 0.2) is 18.3 Å². The monoisotopic (exact) mass is 249 g/mol. The van der Waals surface area contributed by atoms with E-state index in [1.54, 1.807) is 19.2 Å². The summed E-state index contributed by atoms with van der Waals surface area (Å²) in [5, 5.41) is 9.42. The molecule has 18 heavy (non-hydrogen) atoms. The van der Waals surface area contributed by atoms with Crippen molar-refractivity contribution in [3.63, 3.8) is 0 Å². The predicted molar refractivity (Wildman–Crippen MR) is 70.6 cm³/mol. The van der Waals surface area contributed by atoms with Gasteiger partial charge < -0.3 is 14.4 Å². The van der Waals surface area contributed by atoms with Crippen LogP contribution in [0.3, 0.4) is 0 Å². The van der Waals surface area contributed by atoms with Crippen LogP contribution >= 0.6 is 0 Å². The lowest BCUT2D eigenvalue weighted by molar-refractivity contribution is 0.00578. The molecule has 1 aliphatic heterocycles. The third-order valence-corrected chi connectivity index (χ3v) is 3.76. The molecule has 0 unspecified atom stereocenters. The van der Waals surface area contributed by atoms with Gasteiger partial charge in [-0.1, -0.05) is 6.07 Å². The molecule has 2 rings (SSSR count). The molecule has 0 aliphatic carbocycles. The summed E-state index contributed by atoms with van der Waals surface area (Å²) in [6, 6.07) is 3.68. The van der Waals surface area contributed by atoms with E-state index in [1.807, 2.05) is 33.8 Å². The molecule has 0 aromatic carbocycles. The molecule has 5 heteroatoms. The van der Waals surface area contributed by atoms with Gasteiger partial charge in [0.15, 0.2) is 0 Å². The van der Waals surface area contributed by atoms with Gasteiger partial charge in [0.1, 0.15) is 0 Å². The number of aromatic nitrogens is 1. The summed E-state index contributed by atoms with van der Waals surface area (Å²) in [5.74, 6) is 0. The molecular formula is C13H20BNO3. The van der Waals surface area contributed by atoms with Crippen LogP contribution in [-0.2, 0) is 9.31 Å². The van der Waals surface area contributed by atoms with E-state index < -0.39 is 13.2 Å². The molecule has 0 bridgehead atoms. The van der Waals surface area contributed by atoms with Crippen molar-refractivity contribution in [2.75, 3.05) is 0 Å². The Morgan fingerprint density at radius 2 is 1.72 bits per heavy atom. The highest BCUT2D eigenvalue weighted by Crippen LogP contribution is 2.36. The lowest BCUT2D eigenvalue weighted by Gasteiger charge is -2.32. The number of aliphatic hydroxyl groups is 1. The van der Waals surface area contributed by atoms with Crippen molar-refractivity contribution < 1.29 is 14.4 Å². The molecule has 1 atom stereocenters. The smallest absolute Gasteiger partial charge is 0.399 e. The second-order valence-electron chi connectivity index (χ2n) is 5.78. The van der Waals surface area contributed by atoms with Crippen LogP contribution in [0.2, 0.25) is 0 Å². The van der Waals surface area contributed by atoms with Crippen LogP contribution in [0.4, 0.5) is 0 Å². The van der Waals surface area contributed by atoms with Crippen LogP contribution < -0.4 is 5.46 Å². The number of nitrogens with zero attached hydrogens (tertiary/aromatic N) is 1. The Kier molecular flexibility index (Phi) is 3.26. The SMILES string of the molecule is C[C@@H](O)c1ccc(B2OC(C)(C)C(C)(C)O2)cn1. The van der Waals surface area contributed by atoms with Crippen LogP contribution in [0.1, 0.15) is 46.4 Å². The molecule has 1 aliphatic rings. The molecule has 0 radical (unpaired) electrons. The van der Waals surface area contributed by atoms with E-state index in [0.29, 0.717) is 5.69 Å². The van der Waals surface area contributed by atoms with E-state index in [2.05, 4.69) is 4.98 Å². The Bertz CT molecular complexity index is 412. The van der Waals surface area contributed by atoms with Crippen molar-refractivity contribution in [3.05, 3.63) is 24.0 Å². The highest BCUT2D eigenvalue weighted by atomic mass is 16.7. The molecule has 0 spiro atoms. The van der Waals surface area contributed by atoms with Crippen molar-refractivity contribution in [2.24, 2.45) is 0 Å². The lowest BCUT2D eigenvalue weighted by Crippen LogP contribution is -2.41. The van der Waals surface area contributed by atoms with Crippen LogP contribution in [0.25, 0.3) is 0 Å². The Balaban J connectivity index is 2.19. The van der Waals surface area contributed by atoms with E-state index in [-0.39, 0.29) is 11.2 Å². The molecule has 98 valence electrons. The topological polar surface area (TPSA) is 51.6 Å². The van der Waals surface area contributed by atoms with Crippen LogP contribution in [0, 0.1) is 0 Å². The minimum Gasteiger partial charge on any atom is -0.399 e. The number of aliphatic hydroxyl groups excluding tert-OH is 1. The quantitative estimate of drug-likeness (QED) is 0.805. The first-order valence-corrected chi connectivity index (χ1v) is 6.22. The molecule has 1 aromatic heterocycles. The van der Waals surface area contributed by atoms with Crippen LogP contribution in [-0.4, -0.2) is 28.4 Å². The molecule has 1 N–H and O–H groups in total. The van der Waals surface area contributed by atoms with Crippen molar-refractivity contribution >= 4 is 12.6 Å². The third-order valence-electron chi connectivity index (χ3n) is 3.76. The first-order chi connectivity index (χ1) is 8.23. The van der Waals surface area contributed by atoms with Gasteiger partial charge in [-0.25, -0.2) is 0 Å². The van der Waals surface area contributed by atoms with Gasteiger partial charge in [0, 0.05) is 11.7 Å². The van der Waals surface area contributed by atoms with E-state index in [9.17, 15) is 5.11 Å². The second kappa shape index (κ2) is 4.33. The zero-order valence-electron chi connectivity index (χ0n) is 11.6. The number of pyridine rings is 1. The first kappa shape index (κ1) is 13.5. The summed E-state index contributed by atoms with van der Waals surface area (Å²) in [7, 11) is -0.398. The first-order valence-electron chi connectivity index (χ1n) is 6.22. The largest absolute Gasteiger partial charge is 0.496 e. The Morgan fingerprint density at radius 3 is 2.11 bits per heavy atom. The van der Waals surface area contributed by atoms with Crippen LogP contribution in [0.5, 0.6) is 0 Å². The summed E-state index contributed by atoms with van der Waals surface area (Å²) in [5.41, 5.74) is 0.828. The maximum Gasteiger partial charge on any atom is 0.496 e. The van der Waals surface area contributed by atoms with E-state index >= 15 is 0 Å². The van der Waals surface area contributed by atoms with Gasteiger partial charge in [-0.15, -0.1) is 0 Å². The minimum absolute atomic E-state index is 0.347. The normalized spacial score (nSPS) is 23.1. The Labute approximate surface area is 108 Å². The summed E-state index contributed by atoms with van der Waals surface area (Å²) in [4.78, 5) is 4.21. The van der Waals surface area contributed by atoms with Gasteiger partial charge in [-0.2, -0.15) is 0 Å². The van der Waals surface area contributed by atoms with Gasteiger partial charge in [-0.3, -0.25) is 4.98 Å². The highest BCUT2D eigenvalue weighted by Gasteiger charge is 2.51. The molecular weight excluding hydrogens is 229 g/mol. The van der Waals surface area contributed by atoms with E-state index in [0.717, 1.165) is 5.46 Å². The Morgan fingerprint density at radius 1 is 1.17 bits per heavy atom. The van der Waals surface area contributed by atoms with E-state index in [4.69, 9.17) is 9.31 Å². The Hall–Kier alpha value is -0.905. The third kappa shape index (κ3) is 2.30. The maximum absolute atomic E-state index is 9.42. The molecule has 4 nitrogen and oxygen atoms in total. The highest BCUT2D eigenvalue weighted by molar-refractivity contribution is 6.62. The number of hydrogen-bond donors (Lipinski definition) is 1. The van der Waals surface area contributed by atoms with Gasteiger partial charge in [0.2, 0.25) is 0 Å². The van der Waals surface area contributed by atoms with Gasteiger partial charge >= 0.3 is 7.12 Å². The average Bonchev–Trinajstić information content (AvgIpc) is 2.48. The molecule has 1 fully saturated rings. The lowest BCUT2D eigenvalue weighted by atomic mass is 9.80. The molecule has 2 heterocycles. The fraction of sp³-hybridized carbons (Fsp3) is 0.615. The van der Waals surface area contributed by atoms with E-state index in [1.165, 1.54) is 0 Å². The average molecular weight is 249 g/mol. The van der Waals surface area contributed by atoms with Gasteiger partial charge in [-0.05, 0) is 40.7 Å². The van der Waals surface area contributed by atoms with Crippen molar-refractivity contribution in [3.8, 4) is 0 Å². The summed E-state index contributed by atoms with van der Waals surface area (Å²) in [6.45, 7) is 9.77. The molecule has 1 saturated heterocycles. The fourth-order valence-electron chi connectivity index (χ4n) is 1.78. The van der Waals surface area contributed by atoms with Gasteiger partial charge in [0.05, 0.1) is 23.0 Å². The predicted octanol–water partition coefficient (Wildman–Crippen LogP) is 1.43. The molecule has 1 aromatic rings. The summed E-state index contributed by atoms with van der Waals surface area (Å²) >= 11 is 0. The summed E-state index contributed by atoms with van der Waals surface area (Å²) in [6.07, 6.45) is 1.14. The zero-order chi connectivity index (χ0) is 13.6. The fourth-order valence-corrected chi connectivity index (χ4v) is 1.78. The van der Waals surface area contributed by atoms with Gasteiger partial charge in [0.25, 0.3) is 0 Å². The van der Waals surface area contributed by atoms with Crippen molar-refractivity contribution in [1.82, 2.24) is 4.98 Å². The number of hydrogen-bond acceptors (Lipinski definition) is 4. The summed E-state index contributed by atoms with van der Waals surface area (Å²) < 4.78 is 11.9. The standard InChI is InChI=1S/C13H20BNO3/c1-9(16)11-7-6-10(8-15-11)14-17-12(2,3)13(4,5)18-14/h6-9,16H,1-5H3/t9-/m1/s1. The van der Waals surface area contributed by atoms with Crippen molar-refractivity contribution in [1.29, 1.82) is 0 Å².